The molecule has 0 aliphatic rings. The predicted octanol–water partition coefficient (Wildman–Crippen LogP) is 1.35. The number of anilines is 1. The fourth-order valence-electron chi connectivity index (χ4n) is 1.46. The number of carbonyl (C=O) groups is 1. The van der Waals surface area contributed by atoms with Gasteiger partial charge < -0.3 is 10.2 Å². The SMILES string of the molecule is CNc1cc(C(=O)N(C)CC(C)C#N)ccn1. The summed E-state index contributed by atoms with van der Waals surface area (Å²) in [7, 11) is 3.44. The fraction of sp³-hybridized carbons (Fsp3) is 0.417. The van der Waals surface area contributed by atoms with E-state index in [4.69, 9.17) is 5.26 Å². The molecular formula is C12H16N4O. The number of nitrogens with one attached hydrogen (secondary N) is 1. The summed E-state index contributed by atoms with van der Waals surface area (Å²) < 4.78 is 0. The van der Waals surface area contributed by atoms with E-state index in [-0.39, 0.29) is 11.8 Å². The minimum atomic E-state index is -0.172. The lowest BCUT2D eigenvalue weighted by Gasteiger charge is -2.18. The highest BCUT2D eigenvalue weighted by Crippen LogP contribution is 2.09. The smallest absolute Gasteiger partial charge is 0.253 e. The maximum absolute atomic E-state index is 12.0. The zero-order valence-corrected chi connectivity index (χ0v) is 10.3. The first-order chi connectivity index (χ1) is 8.08. The van der Waals surface area contributed by atoms with Gasteiger partial charge in [-0.05, 0) is 19.1 Å². The van der Waals surface area contributed by atoms with Crippen molar-refractivity contribution in [1.82, 2.24) is 9.88 Å². The Morgan fingerprint density at radius 3 is 3.00 bits per heavy atom. The van der Waals surface area contributed by atoms with E-state index in [1.165, 1.54) is 0 Å². The molecule has 0 aromatic carbocycles. The Balaban J connectivity index is 2.78. The number of amides is 1. The molecule has 1 N–H and O–H groups in total. The summed E-state index contributed by atoms with van der Waals surface area (Å²) in [6.45, 7) is 2.21. The molecule has 1 amide bonds. The number of nitriles is 1. The Hall–Kier alpha value is -2.09. The van der Waals surface area contributed by atoms with E-state index in [1.54, 1.807) is 44.2 Å². The minimum absolute atomic E-state index is 0.106. The Bertz CT molecular complexity index is 438. The van der Waals surface area contributed by atoms with Crippen LogP contribution in [0.3, 0.4) is 0 Å². The quantitative estimate of drug-likeness (QED) is 0.850. The predicted molar refractivity (Wildman–Crippen MR) is 65.5 cm³/mol. The molecule has 1 unspecified atom stereocenters. The molecule has 0 saturated carbocycles. The summed E-state index contributed by atoms with van der Waals surface area (Å²) in [5.74, 6) is 0.373. The summed E-state index contributed by atoms with van der Waals surface area (Å²) in [4.78, 5) is 17.6. The van der Waals surface area contributed by atoms with Gasteiger partial charge in [0, 0.05) is 32.4 Å². The molecule has 5 heteroatoms. The van der Waals surface area contributed by atoms with Gasteiger partial charge in [0.2, 0.25) is 0 Å². The Kier molecular flexibility index (Phi) is 4.46. The van der Waals surface area contributed by atoms with Crippen LogP contribution in [0.15, 0.2) is 18.3 Å². The lowest BCUT2D eigenvalue weighted by atomic mass is 10.1. The van der Waals surface area contributed by atoms with Crippen molar-refractivity contribution in [2.75, 3.05) is 26.0 Å². The van der Waals surface area contributed by atoms with E-state index in [0.29, 0.717) is 17.9 Å². The van der Waals surface area contributed by atoms with E-state index >= 15 is 0 Å². The highest BCUT2D eigenvalue weighted by Gasteiger charge is 2.14. The van der Waals surface area contributed by atoms with Gasteiger partial charge in [-0.15, -0.1) is 0 Å². The normalized spacial score (nSPS) is 11.4. The van der Waals surface area contributed by atoms with Crippen LogP contribution in [-0.2, 0) is 0 Å². The third-order valence-corrected chi connectivity index (χ3v) is 2.38. The van der Waals surface area contributed by atoms with Crippen molar-refractivity contribution >= 4 is 11.7 Å². The topological polar surface area (TPSA) is 69.0 Å². The number of hydrogen-bond donors (Lipinski definition) is 1. The number of pyridine rings is 1. The first kappa shape index (κ1) is 13.0. The van der Waals surface area contributed by atoms with Crippen molar-refractivity contribution in [3.63, 3.8) is 0 Å². The van der Waals surface area contributed by atoms with E-state index in [9.17, 15) is 4.79 Å². The number of aromatic nitrogens is 1. The fourth-order valence-corrected chi connectivity index (χ4v) is 1.46. The molecule has 5 nitrogen and oxygen atoms in total. The van der Waals surface area contributed by atoms with Crippen molar-refractivity contribution in [3.05, 3.63) is 23.9 Å². The van der Waals surface area contributed by atoms with Crippen LogP contribution in [0.4, 0.5) is 5.82 Å². The minimum Gasteiger partial charge on any atom is -0.373 e. The third kappa shape index (κ3) is 3.45. The second kappa shape index (κ2) is 5.85. The number of rotatable bonds is 4. The Morgan fingerprint density at radius 1 is 1.71 bits per heavy atom. The molecule has 0 radical (unpaired) electrons. The number of carbonyl (C=O) groups excluding carboxylic acids is 1. The van der Waals surface area contributed by atoms with Crippen LogP contribution in [-0.4, -0.2) is 36.4 Å². The number of hydrogen-bond acceptors (Lipinski definition) is 4. The third-order valence-electron chi connectivity index (χ3n) is 2.38. The largest absolute Gasteiger partial charge is 0.373 e. The second-order valence-corrected chi connectivity index (χ2v) is 3.90. The van der Waals surface area contributed by atoms with Crippen LogP contribution in [0.25, 0.3) is 0 Å². The van der Waals surface area contributed by atoms with Crippen LogP contribution in [0, 0.1) is 17.2 Å². The second-order valence-electron chi connectivity index (χ2n) is 3.90. The first-order valence-corrected chi connectivity index (χ1v) is 5.37. The summed E-state index contributed by atoms with van der Waals surface area (Å²) >= 11 is 0. The van der Waals surface area contributed by atoms with Crippen molar-refractivity contribution < 1.29 is 4.79 Å². The van der Waals surface area contributed by atoms with Crippen LogP contribution in [0.2, 0.25) is 0 Å². The monoisotopic (exact) mass is 232 g/mol. The number of nitrogens with zero attached hydrogens (tertiary/aromatic N) is 3. The van der Waals surface area contributed by atoms with Gasteiger partial charge in [-0.1, -0.05) is 0 Å². The zero-order chi connectivity index (χ0) is 12.8. The van der Waals surface area contributed by atoms with Crippen LogP contribution >= 0.6 is 0 Å². The van der Waals surface area contributed by atoms with Gasteiger partial charge in [-0.3, -0.25) is 4.79 Å². The molecule has 0 aliphatic carbocycles. The summed E-state index contributed by atoms with van der Waals surface area (Å²) in [5, 5.41) is 11.6. The lowest BCUT2D eigenvalue weighted by molar-refractivity contribution is 0.0785. The van der Waals surface area contributed by atoms with Crippen LogP contribution in [0.5, 0.6) is 0 Å². The van der Waals surface area contributed by atoms with E-state index in [2.05, 4.69) is 16.4 Å². The van der Waals surface area contributed by atoms with Crippen molar-refractivity contribution in [1.29, 1.82) is 5.26 Å². The molecule has 1 rings (SSSR count). The van der Waals surface area contributed by atoms with Crippen molar-refractivity contribution in [2.45, 2.75) is 6.92 Å². The maximum Gasteiger partial charge on any atom is 0.253 e. The van der Waals surface area contributed by atoms with E-state index in [1.807, 2.05) is 0 Å². The summed E-state index contributed by atoms with van der Waals surface area (Å²) in [6.07, 6.45) is 1.58. The van der Waals surface area contributed by atoms with Crippen molar-refractivity contribution in [2.24, 2.45) is 5.92 Å². The van der Waals surface area contributed by atoms with Gasteiger partial charge in [0.15, 0.2) is 0 Å². The van der Waals surface area contributed by atoms with Gasteiger partial charge in [-0.25, -0.2) is 4.98 Å². The highest BCUT2D eigenvalue weighted by molar-refractivity contribution is 5.94. The molecule has 1 aromatic rings. The molecule has 90 valence electrons. The first-order valence-electron chi connectivity index (χ1n) is 5.37. The summed E-state index contributed by atoms with van der Waals surface area (Å²) in [6, 6.07) is 5.46. The van der Waals surface area contributed by atoms with Crippen molar-refractivity contribution in [3.8, 4) is 6.07 Å². The van der Waals surface area contributed by atoms with Gasteiger partial charge >= 0.3 is 0 Å². The van der Waals surface area contributed by atoms with Gasteiger partial charge in [0.25, 0.3) is 5.91 Å². The molecule has 0 spiro atoms. The zero-order valence-electron chi connectivity index (χ0n) is 10.3. The average molecular weight is 232 g/mol. The van der Waals surface area contributed by atoms with Gasteiger partial charge in [0.05, 0.1) is 12.0 Å². The van der Waals surface area contributed by atoms with E-state index in [0.717, 1.165) is 0 Å². The molecule has 0 fully saturated rings. The van der Waals surface area contributed by atoms with Gasteiger partial charge in [0.1, 0.15) is 5.82 Å². The Labute approximate surface area is 101 Å². The van der Waals surface area contributed by atoms with Crippen LogP contribution < -0.4 is 5.32 Å². The average Bonchev–Trinajstić information content (AvgIpc) is 2.37. The van der Waals surface area contributed by atoms with E-state index < -0.39 is 0 Å². The highest BCUT2D eigenvalue weighted by atomic mass is 16.2. The van der Waals surface area contributed by atoms with Crippen LogP contribution in [0.1, 0.15) is 17.3 Å². The van der Waals surface area contributed by atoms with Gasteiger partial charge in [-0.2, -0.15) is 5.26 Å². The standard InChI is InChI=1S/C12H16N4O/c1-9(7-13)8-16(3)12(17)10-4-5-15-11(6-10)14-2/h4-6,9H,8H2,1-3H3,(H,14,15). The molecule has 0 aliphatic heterocycles. The summed E-state index contributed by atoms with van der Waals surface area (Å²) in [5.41, 5.74) is 0.567. The maximum atomic E-state index is 12.0. The molecule has 1 atom stereocenters. The molecule has 17 heavy (non-hydrogen) atoms. The Morgan fingerprint density at radius 2 is 2.41 bits per heavy atom. The molecule has 1 heterocycles. The molecule has 0 saturated heterocycles. The lowest BCUT2D eigenvalue weighted by Crippen LogP contribution is -2.30. The molecule has 0 bridgehead atoms. The molecular weight excluding hydrogens is 216 g/mol. The molecule has 1 aromatic heterocycles.